The standard InChI is InChI=1S/C18H30N2O2/c1-6-16(15-10-8-7-9-11-15)19-13-12-14(2)20-17(21)22-18(3,4)5/h7-11,14,16,19H,6,12-13H2,1-5H3,(H,20,21). The van der Waals surface area contributed by atoms with Crippen LogP contribution in [0.25, 0.3) is 0 Å². The lowest BCUT2D eigenvalue weighted by Crippen LogP contribution is -2.39. The lowest BCUT2D eigenvalue weighted by atomic mass is 10.0. The summed E-state index contributed by atoms with van der Waals surface area (Å²) in [7, 11) is 0. The fourth-order valence-corrected chi connectivity index (χ4v) is 2.24. The fraction of sp³-hybridized carbons (Fsp3) is 0.611. The molecule has 0 bridgehead atoms. The number of carbonyl (C=O) groups is 1. The summed E-state index contributed by atoms with van der Waals surface area (Å²) in [6.45, 7) is 10.6. The Bertz CT molecular complexity index is 440. The molecule has 0 aliphatic carbocycles. The molecule has 2 atom stereocenters. The maximum absolute atomic E-state index is 11.7. The van der Waals surface area contributed by atoms with Gasteiger partial charge in [-0.3, -0.25) is 0 Å². The van der Waals surface area contributed by atoms with Gasteiger partial charge in [0.1, 0.15) is 5.60 Å². The highest BCUT2D eigenvalue weighted by molar-refractivity contribution is 5.67. The van der Waals surface area contributed by atoms with Crippen molar-refractivity contribution in [2.75, 3.05) is 6.54 Å². The molecule has 0 fully saturated rings. The summed E-state index contributed by atoms with van der Waals surface area (Å²) in [6, 6.07) is 10.9. The second kappa shape index (κ2) is 8.79. The minimum absolute atomic E-state index is 0.0793. The summed E-state index contributed by atoms with van der Waals surface area (Å²) in [5.74, 6) is 0. The van der Waals surface area contributed by atoms with E-state index in [4.69, 9.17) is 4.74 Å². The number of amides is 1. The first-order valence-electron chi connectivity index (χ1n) is 8.09. The van der Waals surface area contributed by atoms with Crippen LogP contribution in [0.2, 0.25) is 0 Å². The van der Waals surface area contributed by atoms with E-state index in [2.05, 4.69) is 41.8 Å². The number of alkyl carbamates (subject to hydrolysis) is 1. The van der Waals surface area contributed by atoms with Gasteiger partial charge in [-0.05, 0) is 52.6 Å². The van der Waals surface area contributed by atoms with E-state index in [1.54, 1.807) is 0 Å². The van der Waals surface area contributed by atoms with Gasteiger partial charge in [-0.25, -0.2) is 4.79 Å². The van der Waals surface area contributed by atoms with Crippen LogP contribution in [-0.4, -0.2) is 24.3 Å². The smallest absolute Gasteiger partial charge is 0.407 e. The van der Waals surface area contributed by atoms with Gasteiger partial charge in [0.15, 0.2) is 0 Å². The Hall–Kier alpha value is -1.55. The van der Waals surface area contributed by atoms with Crippen LogP contribution in [-0.2, 0) is 4.74 Å². The Labute approximate surface area is 134 Å². The van der Waals surface area contributed by atoms with Gasteiger partial charge in [0.05, 0.1) is 0 Å². The molecule has 4 nitrogen and oxygen atoms in total. The number of rotatable bonds is 7. The van der Waals surface area contributed by atoms with E-state index < -0.39 is 5.60 Å². The van der Waals surface area contributed by atoms with Crippen molar-refractivity contribution >= 4 is 6.09 Å². The monoisotopic (exact) mass is 306 g/mol. The van der Waals surface area contributed by atoms with Crippen LogP contribution in [0.1, 0.15) is 59.1 Å². The summed E-state index contributed by atoms with van der Waals surface area (Å²) >= 11 is 0. The average molecular weight is 306 g/mol. The molecule has 0 spiro atoms. The zero-order valence-electron chi connectivity index (χ0n) is 14.5. The molecular weight excluding hydrogens is 276 g/mol. The predicted molar refractivity (Wildman–Crippen MR) is 90.9 cm³/mol. The number of ether oxygens (including phenoxy) is 1. The molecule has 0 saturated carbocycles. The number of benzene rings is 1. The van der Waals surface area contributed by atoms with Crippen LogP contribution in [0.4, 0.5) is 4.79 Å². The summed E-state index contributed by atoms with van der Waals surface area (Å²) in [5.41, 5.74) is 0.848. The van der Waals surface area contributed by atoms with E-state index in [9.17, 15) is 4.79 Å². The molecule has 0 aromatic heterocycles. The number of nitrogens with one attached hydrogen (secondary N) is 2. The Kier molecular flexibility index (Phi) is 7.39. The van der Waals surface area contributed by atoms with Crippen LogP contribution in [0, 0.1) is 0 Å². The predicted octanol–water partition coefficient (Wildman–Crippen LogP) is 4.03. The van der Waals surface area contributed by atoms with Crippen molar-refractivity contribution in [3.63, 3.8) is 0 Å². The molecule has 22 heavy (non-hydrogen) atoms. The van der Waals surface area contributed by atoms with E-state index in [1.165, 1.54) is 5.56 Å². The van der Waals surface area contributed by atoms with E-state index >= 15 is 0 Å². The van der Waals surface area contributed by atoms with Crippen LogP contribution in [0.15, 0.2) is 30.3 Å². The third-order valence-corrected chi connectivity index (χ3v) is 3.34. The molecule has 2 unspecified atom stereocenters. The minimum Gasteiger partial charge on any atom is -0.444 e. The van der Waals surface area contributed by atoms with Crippen LogP contribution in [0.5, 0.6) is 0 Å². The van der Waals surface area contributed by atoms with E-state index in [0.717, 1.165) is 19.4 Å². The number of hydrogen-bond acceptors (Lipinski definition) is 3. The van der Waals surface area contributed by atoms with Crippen LogP contribution >= 0.6 is 0 Å². The topological polar surface area (TPSA) is 50.4 Å². The second-order valence-corrected chi connectivity index (χ2v) is 6.66. The van der Waals surface area contributed by atoms with Gasteiger partial charge in [0, 0.05) is 12.1 Å². The molecule has 1 aromatic carbocycles. The highest BCUT2D eigenvalue weighted by Crippen LogP contribution is 2.15. The van der Waals surface area contributed by atoms with Gasteiger partial charge < -0.3 is 15.4 Å². The van der Waals surface area contributed by atoms with Gasteiger partial charge in [-0.2, -0.15) is 0 Å². The second-order valence-electron chi connectivity index (χ2n) is 6.66. The van der Waals surface area contributed by atoms with Gasteiger partial charge >= 0.3 is 6.09 Å². The summed E-state index contributed by atoms with van der Waals surface area (Å²) < 4.78 is 5.26. The highest BCUT2D eigenvalue weighted by atomic mass is 16.6. The van der Waals surface area contributed by atoms with Crippen molar-refractivity contribution in [1.29, 1.82) is 0 Å². The maximum Gasteiger partial charge on any atom is 0.407 e. The van der Waals surface area contributed by atoms with Crippen LogP contribution in [0.3, 0.4) is 0 Å². The molecular formula is C18H30N2O2. The molecule has 0 heterocycles. The third-order valence-electron chi connectivity index (χ3n) is 3.34. The SMILES string of the molecule is CCC(NCCC(C)NC(=O)OC(C)(C)C)c1ccccc1. The molecule has 1 amide bonds. The summed E-state index contributed by atoms with van der Waals surface area (Å²) in [4.78, 5) is 11.7. The largest absolute Gasteiger partial charge is 0.444 e. The molecule has 2 N–H and O–H groups in total. The van der Waals surface area contributed by atoms with E-state index in [-0.39, 0.29) is 12.1 Å². The molecule has 1 rings (SSSR count). The summed E-state index contributed by atoms with van der Waals surface area (Å²) in [6.07, 6.45) is 1.55. The Morgan fingerprint density at radius 2 is 1.86 bits per heavy atom. The lowest BCUT2D eigenvalue weighted by molar-refractivity contribution is 0.0506. The van der Waals surface area contributed by atoms with Crippen molar-refractivity contribution in [2.45, 2.75) is 65.1 Å². The van der Waals surface area contributed by atoms with Gasteiger partial charge in [-0.15, -0.1) is 0 Å². The van der Waals surface area contributed by atoms with Gasteiger partial charge in [0.2, 0.25) is 0 Å². The van der Waals surface area contributed by atoms with Crippen molar-refractivity contribution in [2.24, 2.45) is 0 Å². The fourth-order valence-electron chi connectivity index (χ4n) is 2.24. The summed E-state index contributed by atoms with van der Waals surface area (Å²) in [5, 5.41) is 6.41. The van der Waals surface area contributed by atoms with Crippen molar-refractivity contribution in [3.8, 4) is 0 Å². The number of hydrogen-bond donors (Lipinski definition) is 2. The Morgan fingerprint density at radius 3 is 2.41 bits per heavy atom. The highest BCUT2D eigenvalue weighted by Gasteiger charge is 2.17. The first-order chi connectivity index (χ1) is 10.3. The normalized spacial score (nSPS) is 14.2. The zero-order chi connectivity index (χ0) is 16.6. The zero-order valence-corrected chi connectivity index (χ0v) is 14.5. The molecule has 0 saturated heterocycles. The maximum atomic E-state index is 11.7. The Balaban J connectivity index is 2.32. The first kappa shape index (κ1) is 18.5. The first-order valence-corrected chi connectivity index (χ1v) is 8.09. The van der Waals surface area contributed by atoms with Crippen molar-refractivity contribution in [1.82, 2.24) is 10.6 Å². The van der Waals surface area contributed by atoms with E-state index in [0.29, 0.717) is 6.04 Å². The minimum atomic E-state index is -0.456. The van der Waals surface area contributed by atoms with Crippen LogP contribution < -0.4 is 10.6 Å². The van der Waals surface area contributed by atoms with Crippen molar-refractivity contribution < 1.29 is 9.53 Å². The van der Waals surface area contributed by atoms with Crippen molar-refractivity contribution in [3.05, 3.63) is 35.9 Å². The third kappa shape index (κ3) is 7.46. The van der Waals surface area contributed by atoms with Gasteiger partial charge in [0.25, 0.3) is 0 Å². The lowest BCUT2D eigenvalue weighted by Gasteiger charge is -2.23. The quantitative estimate of drug-likeness (QED) is 0.799. The molecule has 0 radical (unpaired) electrons. The molecule has 124 valence electrons. The number of carbonyl (C=O) groups excluding carboxylic acids is 1. The Morgan fingerprint density at radius 1 is 1.23 bits per heavy atom. The molecule has 4 heteroatoms. The van der Waals surface area contributed by atoms with Gasteiger partial charge in [-0.1, -0.05) is 37.3 Å². The molecule has 0 aliphatic heterocycles. The molecule has 0 aliphatic rings. The van der Waals surface area contributed by atoms with E-state index in [1.807, 2.05) is 33.8 Å². The molecule has 1 aromatic rings. The average Bonchev–Trinajstić information content (AvgIpc) is 2.42.